The maximum Gasteiger partial charge on any atom is 0.129 e. The zero-order valence-electron chi connectivity index (χ0n) is 6.93. The number of anilines is 1. The summed E-state index contributed by atoms with van der Waals surface area (Å²) in [5, 5.41) is 3.24. The number of aromatic nitrogens is 1. The van der Waals surface area contributed by atoms with E-state index in [9.17, 15) is 0 Å². The highest BCUT2D eigenvalue weighted by Crippen LogP contribution is 2.19. The molecule has 1 aromatic rings. The Bertz CT molecular complexity index is 283. The van der Waals surface area contributed by atoms with Gasteiger partial charge in [0.05, 0.1) is 12.2 Å². The van der Waals surface area contributed by atoms with Crippen LogP contribution in [0.25, 0.3) is 0 Å². The number of nitrogens with zero attached hydrogens (tertiary/aromatic N) is 1. The second-order valence-corrected chi connectivity index (χ2v) is 3.02. The van der Waals surface area contributed by atoms with Crippen molar-refractivity contribution in [1.29, 1.82) is 0 Å². The normalized spacial score (nSPS) is 15.1. The molecule has 63 valence electrons. The Morgan fingerprint density at radius 2 is 2.42 bits per heavy atom. The molecule has 0 aliphatic carbocycles. The van der Waals surface area contributed by atoms with Crippen molar-refractivity contribution in [2.24, 2.45) is 0 Å². The fourth-order valence-electron chi connectivity index (χ4n) is 1.47. The van der Waals surface area contributed by atoms with Crippen molar-refractivity contribution in [2.75, 3.05) is 11.9 Å². The summed E-state index contributed by atoms with van der Waals surface area (Å²) in [6, 6.07) is 4.03. The van der Waals surface area contributed by atoms with Crippen LogP contribution in [0.4, 0.5) is 5.82 Å². The predicted molar refractivity (Wildman–Crippen MR) is 47.8 cm³/mol. The first-order valence-electron chi connectivity index (χ1n) is 4.27. The molecule has 0 aromatic carbocycles. The topological polar surface area (TPSA) is 48.7 Å². The van der Waals surface area contributed by atoms with E-state index in [1.54, 1.807) is 0 Å². The molecule has 1 aliphatic rings. The Morgan fingerprint density at radius 1 is 1.50 bits per heavy atom. The van der Waals surface area contributed by atoms with Gasteiger partial charge in [-0.05, 0) is 24.5 Å². The molecule has 1 radical (unpaired) electrons. The first-order valence-corrected chi connectivity index (χ1v) is 4.27. The van der Waals surface area contributed by atoms with Gasteiger partial charge in [-0.25, -0.2) is 4.98 Å². The fourth-order valence-corrected chi connectivity index (χ4v) is 1.47. The molecule has 0 saturated carbocycles. The SMILES string of the molecule is [NH]Cc1ccc2c(n1)NCCC2. The lowest BCUT2D eigenvalue weighted by Crippen LogP contribution is -2.14. The van der Waals surface area contributed by atoms with Crippen molar-refractivity contribution in [3.05, 3.63) is 23.4 Å². The van der Waals surface area contributed by atoms with Crippen molar-refractivity contribution in [2.45, 2.75) is 19.4 Å². The third-order valence-electron chi connectivity index (χ3n) is 2.13. The number of hydrogen-bond donors (Lipinski definition) is 1. The minimum absolute atomic E-state index is 0.273. The highest BCUT2D eigenvalue weighted by molar-refractivity contribution is 5.46. The van der Waals surface area contributed by atoms with Crippen LogP contribution in [-0.4, -0.2) is 11.5 Å². The Labute approximate surface area is 72.0 Å². The molecular formula is C9H12N3. The molecule has 12 heavy (non-hydrogen) atoms. The highest BCUT2D eigenvalue weighted by atomic mass is 15.0. The molecule has 0 atom stereocenters. The Hall–Kier alpha value is -1.09. The van der Waals surface area contributed by atoms with E-state index >= 15 is 0 Å². The zero-order valence-corrected chi connectivity index (χ0v) is 6.93. The van der Waals surface area contributed by atoms with Crippen LogP contribution >= 0.6 is 0 Å². The molecule has 3 nitrogen and oxygen atoms in total. The molecule has 0 amide bonds. The van der Waals surface area contributed by atoms with Gasteiger partial charge in [-0.15, -0.1) is 0 Å². The molecule has 2 rings (SSSR count). The zero-order chi connectivity index (χ0) is 8.39. The Morgan fingerprint density at radius 3 is 3.25 bits per heavy atom. The van der Waals surface area contributed by atoms with Gasteiger partial charge in [0.15, 0.2) is 0 Å². The lowest BCUT2D eigenvalue weighted by Gasteiger charge is -2.16. The molecule has 0 spiro atoms. The van der Waals surface area contributed by atoms with E-state index in [1.165, 1.54) is 12.0 Å². The van der Waals surface area contributed by atoms with Gasteiger partial charge in [-0.1, -0.05) is 6.07 Å². The number of rotatable bonds is 1. The predicted octanol–water partition coefficient (Wildman–Crippen LogP) is 1.22. The Kier molecular flexibility index (Phi) is 1.96. The summed E-state index contributed by atoms with van der Waals surface area (Å²) in [6.07, 6.45) is 2.31. The summed E-state index contributed by atoms with van der Waals surface area (Å²) in [5.74, 6) is 0.992. The fraction of sp³-hybridized carbons (Fsp3) is 0.444. The van der Waals surface area contributed by atoms with Gasteiger partial charge in [0.2, 0.25) is 0 Å². The molecule has 2 heterocycles. The molecule has 0 bridgehead atoms. The Balaban J connectivity index is 2.36. The third-order valence-corrected chi connectivity index (χ3v) is 2.13. The number of pyridine rings is 1. The average molecular weight is 162 g/mol. The van der Waals surface area contributed by atoms with E-state index in [0.717, 1.165) is 24.5 Å². The van der Waals surface area contributed by atoms with E-state index in [4.69, 9.17) is 5.73 Å². The van der Waals surface area contributed by atoms with Gasteiger partial charge in [-0.3, -0.25) is 5.73 Å². The van der Waals surface area contributed by atoms with Crippen LogP contribution in [0.5, 0.6) is 0 Å². The standard InChI is InChI=1S/C9H12N3/c10-6-8-4-3-7-2-1-5-11-9(7)12-8/h3-4,10H,1-2,5-6H2,(H,11,12). The van der Waals surface area contributed by atoms with Crippen LogP contribution in [0.2, 0.25) is 0 Å². The second-order valence-electron chi connectivity index (χ2n) is 3.02. The van der Waals surface area contributed by atoms with E-state index in [0.29, 0.717) is 0 Å². The van der Waals surface area contributed by atoms with Crippen LogP contribution in [0.3, 0.4) is 0 Å². The first kappa shape index (κ1) is 7.55. The van der Waals surface area contributed by atoms with Gasteiger partial charge in [-0.2, -0.15) is 0 Å². The van der Waals surface area contributed by atoms with Crippen molar-refractivity contribution >= 4 is 5.82 Å². The summed E-state index contributed by atoms with van der Waals surface area (Å²) >= 11 is 0. The lowest BCUT2D eigenvalue weighted by molar-refractivity contribution is 0.808. The van der Waals surface area contributed by atoms with Crippen LogP contribution in [-0.2, 0) is 13.0 Å². The third kappa shape index (κ3) is 1.28. The maximum absolute atomic E-state index is 7.17. The smallest absolute Gasteiger partial charge is 0.129 e. The molecule has 2 N–H and O–H groups in total. The number of fused-ring (bicyclic) bond motifs is 1. The second kappa shape index (κ2) is 3.11. The summed E-state index contributed by atoms with van der Waals surface area (Å²) in [7, 11) is 0. The number of nitrogens with one attached hydrogen (secondary N) is 2. The van der Waals surface area contributed by atoms with Gasteiger partial charge < -0.3 is 5.32 Å². The number of hydrogen-bond acceptors (Lipinski definition) is 2. The average Bonchev–Trinajstić information content (AvgIpc) is 2.17. The molecular weight excluding hydrogens is 150 g/mol. The van der Waals surface area contributed by atoms with Crippen molar-refractivity contribution in [1.82, 2.24) is 10.7 Å². The summed E-state index contributed by atoms with van der Waals surface area (Å²) in [4.78, 5) is 4.33. The summed E-state index contributed by atoms with van der Waals surface area (Å²) in [5.41, 5.74) is 9.31. The molecule has 0 unspecified atom stereocenters. The number of aryl methyl sites for hydroxylation is 1. The van der Waals surface area contributed by atoms with Crippen molar-refractivity contribution < 1.29 is 0 Å². The summed E-state index contributed by atoms with van der Waals surface area (Å²) in [6.45, 7) is 1.29. The first-order chi connectivity index (χ1) is 5.90. The van der Waals surface area contributed by atoms with E-state index < -0.39 is 0 Å². The van der Waals surface area contributed by atoms with E-state index in [2.05, 4.69) is 16.4 Å². The van der Waals surface area contributed by atoms with Crippen molar-refractivity contribution in [3.8, 4) is 0 Å². The minimum Gasteiger partial charge on any atom is -0.370 e. The molecule has 1 aromatic heterocycles. The molecule has 3 heteroatoms. The van der Waals surface area contributed by atoms with Crippen molar-refractivity contribution in [3.63, 3.8) is 0 Å². The monoisotopic (exact) mass is 162 g/mol. The van der Waals surface area contributed by atoms with Gasteiger partial charge in [0.25, 0.3) is 0 Å². The van der Waals surface area contributed by atoms with Crippen LogP contribution in [0, 0.1) is 0 Å². The van der Waals surface area contributed by atoms with Crippen LogP contribution < -0.4 is 11.1 Å². The maximum atomic E-state index is 7.17. The largest absolute Gasteiger partial charge is 0.370 e. The van der Waals surface area contributed by atoms with Gasteiger partial charge in [0, 0.05) is 6.54 Å². The molecule has 0 fully saturated rings. The minimum atomic E-state index is 0.273. The van der Waals surface area contributed by atoms with Crippen LogP contribution in [0.1, 0.15) is 17.7 Å². The van der Waals surface area contributed by atoms with Crippen LogP contribution in [0.15, 0.2) is 12.1 Å². The quantitative estimate of drug-likeness (QED) is 0.675. The van der Waals surface area contributed by atoms with E-state index in [1.807, 2.05) is 6.07 Å². The van der Waals surface area contributed by atoms with Gasteiger partial charge in [0.1, 0.15) is 5.82 Å². The molecule has 0 saturated heterocycles. The highest BCUT2D eigenvalue weighted by Gasteiger charge is 2.09. The lowest BCUT2D eigenvalue weighted by atomic mass is 10.1. The molecule has 1 aliphatic heterocycles. The van der Waals surface area contributed by atoms with Gasteiger partial charge >= 0.3 is 0 Å². The summed E-state index contributed by atoms with van der Waals surface area (Å²) < 4.78 is 0. The van der Waals surface area contributed by atoms with E-state index in [-0.39, 0.29) is 6.54 Å².